The van der Waals surface area contributed by atoms with E-state index in [-0.39, 0.29) is 11.8 Å². The molecule has 1 atom stereocenters. The second kappa shape index (κ2) is 10.3. The highest BCUT2D eigenvalue weighted by Crippen LogP contribution is 2.19. The number of nitrogens with zero attached hydrogens (tertiary/aromatic N) is 2. The molecule has 1 aliphatic heterocycles. The van der Waals surface area contributed by atoms with E-state index in [4.69, 9.17) is 4.74 Å². The lowest BCUT2D eigenvalue weighted by Crippen LogP contribution is -2.37. The van der Waals surface area contributed by atoms with Crippen LogP contribution in [0.15, 0.2) is 60.9 Å². The molecule has 4 rings (SSSR count). The Balaban J connectivity index is 1.32. The number of ether oxygens (including phenoxy) is 1. The zero-order valence-electron chi connectivity index (χ0n) is 18.2. The van der Waals surface area contributed by atoms with Gasteiger partial charge in [-0.25, -0.2) is 0 Å². The molecule has 1 aliphatic rings. The van der Waals surface area contributed by atoms with Crippen LogP contribution < -0.4 is 10.6 Å². The normalized spacial score (nSPS) is 17.0. The van der Waals surface area contributed by atoms with Gasteiger partial charge < -0.3 is 15.4 Å². The van der Waals surface area contributed by atoms with Gasteiger partial charge in [0.2, 0.25) is 11.8 Å². The van der Waals surface area contributed by atoms with E-state index in [2.05, 4.69) is 38.7 Å². The van der Waals surface area contributed by atoms with Crippen LogP contribution in [-0.4, -0.2) is 54.5 Å². The number of hydrogen-bond acceptors (Lipinski definition) is 5. The van der Waals surface area contributed by atoms with Crippen molar-refractivity contribution in [3.05, 3.63) is 66.5 Å². The number of rotatable bonds is 6. The number of aromatic nitrogens is 1. The highest BCUT2D eigenvalue weighted by Gasteiger charge is 2.21. The summed E-state index contributed by atoms with van der Waals surface area (Å²) < 4.78 is 5.82. The Kier molecular flexibility index (Phi) is 7.09. The number of fused-ring (bicyclic) bond motifs is 1. The zero-order valence-corrected chi connectivity index (χ0v) is 18.2. The van der Waals surface area contributed by atoms with Crippen LogP contribution in [-0.2, 0) is 20.7 Å². The van der Waals surface area contributed by atoms with E-state index in [1.807, 2.05) is 12.3 Å². The Morgan fingerprint density at radius 1 is 1.06 bits per heavy atom. The van der Waals surface area contributed by atoms with Crippen LogP contribution >= 0.6 is 0 Å². The van der Waals surface area contributed by atoms with Crippen molar-refractivity contribution in [3.63, 3.8) is 0 Å². The lowest BCUT2D eigenvalue weighted by atomic mass is 9.98. The molecule has 0 aliphatic carbocycles. The zero-order chi connectivity index (χ0) is 22.3. The first-order valence-corrected chi connectivity index (χ1v) is 10.9. The molecule has 2 aromatic carbocycles. The molecule has 2 heterocycles. The van der Waals surface area contributed by atoms with Crippen molar-refractivity contribution in [2.45, 2.75) is 13.3 Å². The van der Waals surface area contributed by atoms with Gasteiger partial charge in [-0.05, 0) is 59.7 Å². The number of anilines is 2. The molecule has 32 heavy (non-hydrogen) atoms. The highest BCUT2D eigenvalue weighted by molar-refractivity contribution is 5.93. The van der Waals surface area contributed by atoms with Gasteiger partial charge in [0.1, 0.15) is 0 Å². The van der Waals surface area contributed by atoms with Crippen LogP contribution in [0.4, 0.5) is 11.4 Å². The number of carbonyl (C=O) groups excluding carboxylic acids is 2. The van der Waals surface area contributed by atoms with Crippen LogP contribution in [0.3, 0.4) is 0 Å². The third-order valence-electron chi connectivity index (χ3n) is 5.51. The van der Waals surface area contributed by atoms with Crippen molar-refractivity contribution in [3.8, 4) is 0 Å². The van der Waals surface area contributed by atoms with E-state index in [0.717, 1.165) is 24.9 Å². The predicted octanol–water partition coefficient (Wildman–Crippen LogP) is 3.32. The first kappa shape index (κ1) is 21.9. The molecule has 2 amide bonds. The molecule has 7 nitrogen and oxygen atoms in total. The van der Waals surface area contributed by atoms with Crippen LogP contribution in [0, 0.1) is 5.92 Å². The fourth-order valence-corrected chi connectivity index (χ4v) is 4.06. The Morgan fingerprint density at radius 2 is 1.84 bits per heavy atom. The van der Waals surface area contributed by atoms with E-state index < -0.39 is 0 Å². The topological polar surface area (TPSA) is 83.6 Å². The van der Waals surface area contributed by atoms with Gasteiger partial charge in [-0.2, -0.15) is 0 Å². The van der Waals surface area contributed by atoms with Crippen LogP contribution in [0.1, 0.15) is 12.5 Å². The summed E-state index contributed by atoms with van der Waals surface area (Å²) in [6, 6.07) is 15.6. The minimum Gasteiger partial charge on any atom is -0.380 e. The summed E-state index contributed by atoms with van der Waals surface area (Å²) in [4.78, 5) is 30.1. The predicted molar refractivity (Wildman–Crippen MR) is 126 cm³/mol. The molecule has 1 saturated heterocycles. The highest BCUT2D eigenvalue weighted by atomic mass is 16.5. The number of pyridine rings is 1. The molecular weight excluding hydrogens is 404 g/mol. The molecule has 1 aromatic heterocycles. The smallest absolute Gasteiger partial charge is 0.238 e. The third-order valence-corrected chi connectivity index (χ3v) is 5.51. The van der Waals surface area contributed by atoms with Crippen LogP contribution in [0.2, 0.25) is 0 Å². The fraction of sp³-hybridized carbons (Fsp3) is 0.320. The van der Waals surface area contributed by atoms with Crippen molar-refractivity contribution < 1.29 is 14.3 Å². The minimum absolute atomic E-state index is 0.0605. The average molecular weight is 433 g/mol. The van der Waals surface area contributed by atoms with Gasteiger partial charge in [0.05, 0.1) is 19.8 Å². The Hall–Kier alpha value is -3.29. The van der Waals surface area contributed by atoms with Crippen molar-refractivity contribution >= 4 is 34.0 Å². The molecule has 166 valence electrons. The minimum atomic E-state index is -0.125. The maximum absolute atomic E-state index is 12.6. The van der Waals surface area contributed by atoms with E-state index in [0.29, 0.717) is 37.1 Å². The van der Waals surface area contributed by atoms with E-state index >= 15 is 0 Å². The Bertz CT molecular complexity index is 1080. The van der Waals surface area contributed by atoms with E-state index in [9.17, 15) is 9.59 Å². The first-order valence-electron chi connectivity index (χ1n) is 10.9. The van der Waals surface area contributed by atoms with Gasteiger partial charge in [0, 0.05) is 49.2 Å². The lowest BCUT2D eigenvalue weighted by Gasteiger charge is -2.23. The summed E-state index contributed by atoms with van der Waals surface area (Å²) in [6.07, 6.45) is 4.59. The van der Waals surface area contributed by atoms with Crippen molar-refractivity contribution in [1.29, 1.82) is 0 Å². The molecule has 0 radical (unpaired) electrons. The average Bonchev–Trinajstić information content (AvgIpc) is 2.99. The second-order valence-electron chi connectivity index (χ2n) is 8.24. The van der Waals surface area contributed by atoms with Crippen LogP contribution in [0.5, 0.6) is 0 Å². The SMILES string of the molecule is CC(=O)Nc1ccc(NC(=O)CN2CCOC[C@H](Cc3ccc4ccncc4c3)C2)cc1. The van der Waals surface area contributed by atoms with Crippen molar-refractivity contribution in [1.82, 2.24) is 9.88 Å². The van der Waals surface area contributed by atoms with Gasteiger partial charge in [-0.15, -0.1) is 0 Å². The van der Waals surface area contributed by atoms with Gasteiger partial charge in [-0.3, -0.25) is 19.5 Å². The quantitative estimate of drug-likeness (QED) is 0.624. The Labute approximate surface area is 187 Å². The molecule has 7 heteroatoms. The second-order valence-corrected chi connectivity index (χ2v) is 8.24. The first-order chi connectivity index (χ1) is 15.5. The summed E-state index contributed by atoms with van der Waals surface area (Å²) in [5.74, 6) is 0.131. The van der Waals surface area contributed by atoms with E-state index in [1.54, 1.807) is 30.5 Å². The van der Waals surface area contributed by atoms with E-state index in [1.165, 1.54) is 17.9 Å². The summed E-state index contributed by atoms with van der Waals surface area (Å²) in [5.41, 5.74) is 2.66. The molecule has 2 N–H and O–H groups in total. The third kappa shape index (κ3) is 6.12. The largest absolute Gasteiger partial charge is 0.380 e. The maximum atomic E-state index is 12.6. The molecule has 1 fully saturated rings. The van der Waals surface area contributed by atoms with Gasteiger partial charge in [0.15, 0.2) is 0 Å². The summed E-state index contributed by atoms with van der Waals surface area (Å²) >= 11 is 0. The fourth-order valence-electron chi connectivity index (χ4n) is 4.06. The number of benzene rings is 2. The molecule has 0 unspecified atom stereocenters. The van der Waals surface area contributed by atoms with Gasteiger partial charge in [0.25, 0.3) is 0 Å². The molecule has 0 spiro atoms. The number of hydrogen-bond donors (Lipinski definition) is 2. The number of carbonyl (C=O) groups is 2. The molecule has 0 bridgehead atoms. The molecular formula is C25H28N4O3. The summed E-state index contributed by atoms with van der Waals surface area (Å²) in [6.45, 7) is 4.62. The van der Waals surface area contributed by atoms with Crippen molar-refractivity contribution in [2.75, 3.05) is 43.5 Å². The monoisotopic (exact) mass is 432 g/mol. The van der Waals surface area contributed by atoms with Gasteiger partial charge in [-0.1, -0.05) is 12.1 Å². The van der Waals surface area contributed by atoms with Crippen LogP contribution in [0.25, 0.3) is 10.8 Å². The van der Waals surface area contributed by atoms with Crippen molar-refractivity contribution in [2.24, 2.45) is 5.92 Å². The number of amides is 2. The molecule has 0 saturated carbocycles. The molecule has 3 aromatic rings. The lowest BCUT2D eigenvalue weighted by molar-refractivity contribution is -0.117. The standard InChI is InChI=1S/C25H28N4O3/c1-18(30)27-23-4-6-24(7-5-23)28-25(31)16-29-10-11-32-17-20(15-29)12-19-2-3-21-8-9-26-14-22(21)13-19/h2-9,13-14,20H,10-12,15-17H2,1H3,(H,27,30)(H,28,31)/t20-/m1/s1. The maximum Gasteiger partial charge on any atom is 0.238 e. The summed E-state index contributed by atoms with van der Waals surface area (Å²) in [5, 5.41) is 7.97. The summed E-state index contributed by atoms with van der Waals surface area (Å²) in [7, 11) is 0. The number of nitrogens with one attached hydrogen (secondary N) is 2. The Morgan fingerprint density at radius 3 is 2.62 bits per heavy atom. The van der Waals surface area contributed by atoms with Gasteiger partial charge >= 0.3 is 0 Å².